The molecule has 0 unspecified atom stereocenters. The number of aryl methyl sites for hydroxylation is 1. The predicted octanol–water partition coefficient (Wildman–Crippen LogP) is 2.85. The van der Waals surface area contributed by atoms with Crippen LogP contribution in [0.3, 0.4) is 0 Å². The molecule has 3 nitrogen and oxygen atoms in total. The molecule has 0 radical (unpaired) electrons. The average molecular weight is 241 g/mol. The van der Waals surface area contributed by atoms with Crippen LogP contribution in [0.2, 0.25) is 0 Å². The summed E-state index contributed by atoms with van der Waals surface area (Å²) < 4.78 is 0. The van der Waals surface area contributed by atoms with Crippen molar-refractivity contribution in [1.82, 2.24) is 15.5 Å². The van der Waals surface area contributed by atoms with Gasteiger partial charge in [-0.2, -0.15) is 5.10 Å². The molecule has 1 aliphatic rings. The van der Waals surface area contributed by atoms with Gasteiger partial charge in [-0.25, -0.2) is 0 Å². The van der Waals surface area contributed by atoms with Gasteiger partial charge in [-0.15, -0.1) is 0 Å². The van der Waals surface area contributed by atoms with Crippen LogP contribution in [0.5, 0.6) is 0 Å². The minimum atomic E-state index is 0.566. The number of piperidine rings is 1. The fourth-order valence-corrected chi connectivity index (χ4v) is 2.75. The van der Waals surface area contributed by atoms with Gasteiger partial charge in [0, 0.05) is 23.7 Å². The van der Waals surface area contributed by atoms with Gasteiger partial charge < -0.3 is 5.32 Å². The van der Waals surface area contributed by atoms with Crippen molar-refractivity contribution in [3.63, 3.8) is 0 Å². The van der Waals surface area contributed by atoms with Gasteiger partial charge in [0.25, 0.3) is 0 Å². The normalized spacial score (nSPS) is 19.9. The zero-order valence-electron chi connectivity index (χ0n) is 10.7. The summed E-state index contributed by atoms with van der Waals surface area (Å²) in [5, 5.41) is 10.9. The van der Waals surface area contributed by atoms with E-state index in [9.17, 15) is 0 Å². The minimum absolute atomic E-state index is 0.566. The van der Waals surface area contributed by atoms with Crippen molar-refractivity contribution >= 4 is 0 Å². The largest absolute Gasteiger partial charge is 0.316 e. The standard InChI is InChI=1S/C15H19N3/c1-11-4-2-5-12(8-11)14-10-17-18-15(14)13-6-3-7-16-9-13/h2,4-5,8,10,13,16H,3,6-7,9H2,1H3,(H,17,18)/t13-/m1/s1. The number of aromatic nitrogens is 2. The zero-order chi connectivity index (χ0) is 12.4. The van der Waals surface area contributed by atoms with Crippen molar-refractivity contribution in [2.45, 2.75) is 25.7 Å². The van der Waals surface area contributed by atoms with Crippen LogP contribution in [-0.2, 0) is 0 Å². The van der Waals surface area contributed by atoms with Gasteiger partial charge in [-0.3, -0.25) is 5.10 Å². The summed E-state index contributed by atoms with van der Waals surface area (Å²) in [5.41, 5.74) is 5.10. The molecule has 3 rings (SSSR count). The van der Waals surface area contributed by atoms with Crippen molar-refractivity contribution in [2.24, 2.45) is 0 Å². The Kier molecular flexibility index (Phi) is 3.15. The topological polar surface area (TPSA) is 40.7 Å². The molecule has 2 N–H and O–H groups in total. The number of nitrogens with one attached hydrogen (secondary N) is 2. The third-order valence-corrected chi connectivity index (χ3v) is 3.70. The van der Waals surface area contributed by atoms with Gasteiger partial charge in [0.2, 0.25) is 0 Å². The monoisotopic (exact) mass is 241 g/mol. The van der Waals surface area contributed by atoms with Crippen LogP contribution in [0.15, 0.2) is 30.5 Å². The van der Waals surface area contributed by atoms with E-state index in [1.54, 1.807) is 0 Å². The number of nitrogens with zero attached hydrogens (tertiary/aromatic N) is 1. The molecular formula is C15H19N3. The highest BCUT2D eigenvalue weighted by Gasteiger charge is 2.20. The van der Waals surface area contributed by atoms with E-state index in [1.165, 1.54) is 35.2 Å². The molecule has 1 aliphatic heterocycles. The average Bonchev–Trinajstić information content (AvgIpc) is 2.89. The lowest BCUT2D eigenvalue weighted by atomic mass is 9.91. The van der Waals surface area contributed by atoms with Crippen LogP contribution in [0, 0.1) is 6.92 Å². The Labute approximate surface area is 108 Å². The number of rotatable bonds is 2. The highest BCUT2D eigenvalue weighted by molar-refractivity contribution is 5.66. The Balaban J connectivity index is 1.95. The summed E-state index contributed by atoms with van der Waals surface area (Å²) in [4.78, 5) is 0. The van der Waals surface area contributed by atoms with Crippen LogP contribution in [0.1, 0.15) is 30.0 Å². The molecule has 18 heavy (non-hydrogen) atoms. The van der Waals surface area contributed by atoms with E-state index in [0.29, 0.717) is 5.92 Å². The van der Waals surface area contributed by atoms with E-state index in [4.69, 9.17) is 0 Å². The molecule has 1 atom stereocenters. The summed E-state index contributed by atoms with van der Waals surface area (Å²) in [6.07, 6.45) is 4.45. The minimum Gasteiger partial charge on any atom is -0.316 e. The Hall–Kier alpha value is -1.61. The smallest absolute Gasteiger partial charge is 0.0568 e. The van der Waals surface area contributed by atoms with Crippen molar-refractivity contribution in [1.29, 1.82) is 0 Å². The Morgan fingerprint density at radius 2 is 2.28 bits per heavy atom. The van der Waals surface area contributed by atoms with Crippen LogP contribution in [0.25, 0.3) is 11.1 Å². The van der Waals surface area contributed by atoms with Crippen molar-refractivity contribution in [2.75, 3.05) is 13.1 Å². The Bertz CT molecular complexity index is 524. The predicted molar refractivity (Wildman–Crippen MR) is 73.6 cm³/mol. The molecule has 1 saturated heterocycles. The first kappa shape index (κ1) is 11.5. The molecule has 0 amide bonds. The lowest BCUT2D eigenvalue weighted by molar-refractivity contribution is 0.455. The summed E-state index contributed by atoms with van der Waals surface area (Å²) >= 11 is 0. The highest BCUT2D eigenvalue weighted by atomic mass is 15.1. The van der Waals surface area contributed by atoms with Gasteiger partial charge in [-0.05, 0) is 31.9 Å². The lowest BCUT2D eigenvalue weighted by Crippen LogP contribution is -2.28. The van der Waals surface area contributed by atoms with Gasteiger partial charge >= 0.3 is 0 Å². The second kappa shape index (κ2) is 4.94. The Morgan fingerprint density at radius 3 is 3.06 bits per heavy atom. The first-order valence-electron chi connectivity index (χ1n) is 6.65. The maximum atomic E-state index is 4.25. The van der Waals surface area contributed by atoms with Gasteiger partial charge in [-0.1, -0.05) is 29.8 Å². The summed E-state index contributed by atoms with van der Waals surface area (Å²) in [5.74, 6) is 0.566. The molecule has 1 aromatic carbocycles. The molecule has 1 fully saturated rings. The number of hydrogen-bond acceptors (Lipinski definition) is 2. The molecule has 0 saturated carbocycles. The second-order valence-corrected chi connectivity index (χ2v) is 5.11. The van der Waals surface area contributed by atoms with E-state index < -0.39 is 0 Å². The van der Waals surface area contributed by atoms with Crippen LogP contribution < -0.4 is 5.32 Å². The van der Waals surface area contributed by atoms with Crippen molar-refractivity contribution < 1.29 is 0 Å². The fourth-order valence-electron chi connectivity index (χ4n) is 2.75. The second-order valence-electron chi connectivity index (χ2n) is 5.11. The fraction of sp³-hybridized carbons (Fsp3) is 0.400. The quantitative estimate of drug-likeness (QED) is 0.848. The van der Waals surface area contributed by atoms with E-state index in [2.05, 4.69) is 46.7 Å². The molecule has 1 aromatic heterocycles. The van der Waals surface area contributed by atoms with Crippen molar-refractivity contribution in [3.05, 3.63) is 41.7 Å². The van der Waals surface area contributed by atoms with Crippen LogP contribution in [0.4, 0.5) is 0 Å². The number of hydrogen-bond donors (Lipinski definition) is 2. The van der Waals surface area contributed by atoms with Gasteiger partial charge in [0.1, 0.15) is 0 Å². The first-order valence-corrected chi connectivity index (χ1v) is 6.65. The van der Waals surface area contributed by atoms with Gasteiger partial charge in [0.15, 0.2) is 0 Å². The van der Waals surface area contributed by atoms with Crippen LogP contribution in [-0.4, -0.2) is 23.3 Å². The zero-order valence-corrected chi connectivity index (χ0v) is 10.7. The maximum absolute atomic E-state index is 4.25. The van der Waals surface area contributed by atoms with Crippen molar-refractivity contribution in [3.8, 4) is 11.1 Å². The molecule has 0 spiro atoms. The molecule has 94 valence electrons. The molecule has 2 aromatic rings. The highest BCUT2D eigenvalue weighted by Crippen LogP contribution is 2.31. The van der Waals surface area contributed by atoms with Crippen LogP contribution >= 0.6 is 0 Å². The maximum Gasteiger partial charge on any atom is 0.0568 e. The van der Waals surface area contributed by atoms with E-state index >= 15 is 0 Å². The third kappa shape index (κ3) is 2.18. The molecule has 3 heteroatoms. The van der Waals surface area contributed by atoms with E-state index in [-0.39, 0.29) is 0 Å². The van der Waals surface area contributed by atoms with E-state index in [0.717, 1.165) is 13.1 Å². The number of H-pyrrole nitrogens is 1. The summed E-state index contributed by atoms with van der Waals surface area (Å²) in [6, 6.07) is 8.63. The van der Waals surface area contributed by atoms with E-state index in [1.807, 2.05) is 6.20 Å². The first-order chi connectivity index (χ1) is 8.84. The summed E-state index contributed by atoms with van der Waals surface area (Å²) in [7, 11) is 0. The molecule has 2 heterocycles. The molecule has 0 aliphatic carbocycles. The third-order valence-electron chi connectivity index (χ3n) is 3.70. The Morgan fingerprint density at radius 1 is 1.33 bits per heavy atom. The SMILES string of the molecule is Cc1cccc(-c2cn[nH]c2[C@@H]2CCCNC2)c1. The molecule has 0 bridgehead atoms. The number of aromatic amines is 1. The molecular weight excluding hydrogens is 222 g/mol. The number of benzene rings is 1. The summed E-state index contributed by atoms with van der Waals surface area (Å²) in [6.45, 7) is 4.33. The lowest BCUT2D eigenvalue weighted by Gasteiger charge is -2.22. The van der Waals surface area contributed by atoms with Gasteiger partial charge in [0.05, 0.1) is 6.20 Å².